The molecule has 0 saturated heterocycles. The number of amides is 1. The van der Waals surface area contributed by atoms with Crippen LogP contribution in [0.3, 0.4) is 0 Å². The Balaban J connectivity index is 2.58. The van der Waals surface area contributed by atoms with Crippen molar-refractivity contribution >= 4 is 11.6 Å². The highest BCUT2D eigenvalue weighted by atomic mass is 16.6. The number of non-ortho nitro benzene ring substituents is 1. The smallest absolute Gasteiger partial charge is 0.270 e. The molecule has 1 atom stereocenters. The molecule has 0 fully saturated rings. The Morgan fingerprint density at radius 2 is 2.16 bits per heavy atom. The monoisotopic (exact) mass is 265 g/mol. The highest BCUT2D eigenvalue weighted by Gasteiger charge is 2.12. The molecule has 104 valence electrons. The minimum atomic E-state index is -0.508. The van der Waals surface area contributed by atoms with Gasteiger partial charge in [0.1, 0.15) is 0 Å². The molecule has 0 radical (unpaired) electrons. The third-order valence-corrected chi connectivity index (χ3v) is 2.61. The molecule has 0 aliphatic carbocycles. The van der Waals surface area contributed by atoms with Gasteiger partial charge in [-0.2, -0.15) is 0 Å². The average Bonchev–Trinajstić information content (AvgIpc) is 2.35. The van der Waals surface area contributed by atoms with Gasteiger partial charge in [-0.1, -0.05) is 13.0 Å². The van der Waals surface area contributed by atoms with Crippen LogP contribution in [0.4, 0.5) is 5.69 Å². The molecule has 1 rings (SSSR count). The fourth-order valence-corrected chi connectivity index (χ4v) is 1.82. The van der Waals surface area contributed by atoms with Crippen molar-refractivity contribution in [3.8, 4) is 0 Å². The summed E-state index contributed by atoms with van der Waals surface area (Å²) in [6, 6.07) is 5.73. The standard InChI is InChI=1S/C13H19N3O3/c1-10(9-15(2)3)8-14-13(17)11-5-4-6-12(7-11)16(18)19/h4-7,10H,8-9H2,1-3H3,(H,14,17)/t10-/m0/s1. The molecule has 1 aromatic carbocycles. The Hall–Kier alpha value is -1.95. The molecule has 1 aromatic rings. The number of nitrogens with zero attached hydrogens (tertiary/aromatic N) is 2. The summed E-state index contributed by atoms with van der Waals surface area (Å²) < 4.78 is 0. The first-order valence-corrected chi connectivity index (χ1v) is 6.07. The predicted octanol–water partition coefficient (Wildman–Crippen LogP) is 1.52. The van der Waals surface area contributed by atoms with E-state index in [1.165, 1.54) is 18.2 Å². The number of nitro groups is 1. The zero-order valence-corrected chi connectivity index (χ0v) is 11.4. The van der Waals surface area contributed by atoms with Crippen LogP contribution in [-0.4, -0.2) is 42.9 Å². The van der Waals surface area contributed by atoms with Crippen LogP contribution >= 0.6 is 0 Å². The Kier molecular flexibility index (Phi) is 5.44. The molecule has 19 heavy (non-hydrogen) atoms. The van der Waals surface area contributed by atoms with E-state index >= 15 is 0 Å². The van der Waals surface area contributed by atoms with Crippen molar-refractivity contribution in [1.29, 1.82) is 0 Å². The van der Waals surface area contributed by atoms with Crippen molar-refractivity contribution in [2.24, 2.45) is 5.92 Å². The highest BCUT2D eigenvalue weighted by Crippen LogP contribution is 2.12. The quantitative estimate of drug-likeness (QED) is 0.625. The summed E-state index contributed by atoms with van der Waals surface area (Å²) in [7, 11) is 3.94. The van der Waals surface area contributed by atoms with E-state index in [0.717, 1.165) is 6.54 Å². The van der Waals surface area contributed by atoms with E-state index in [0.29, 0.717) is 18.0 Å². The lowest BCUT2D eigenvalue weighted by molar-refractivity contribution is -0.384. The lowest BCUT2D eigenvalue weighted by Gasteiger charge is -2.17. The Morgan fingerprint density at radius 3 is 2.74 bits per heavy atom. The van der Waals surface area contributed by atoms with Crippen molar-refractivity contribution in [3.05, 3.63) is 39.9 Å². The summed E-state index contributed by atoms with van der Waals surface area (Å²) in [6.07, 6.45) is 0. The van der Waals surface area contributed by atoms with Gasteiger partial charge in [0, 0.05) is 30.8 Å². The molecule has 0 spiro atoms. The van der Waals surface area contributed by atoms with Crippen molar-refractivity contribution < 1.29 is 9.72 Å². The van der Waals surface area contributed by atoms with Gasteiger partial charge in [0.25, 0.3) is 11.6 Å². The number of nitrogens with one attached hydrogen (secondary N) is 1. The number of carbonyl (C=O) groups is 1. The van der Waals surface area contributed by atoms with E-state index in [9.17, 15) is 14.9 Å². The number of rotatable bonds is 6. The molecular weight excluding hydrogens is 246 g/mol. The molecule has 0 aliphatic rings. The molecule has 0 unspecified atom stereocenters. The maximum Gasteiger partial charge on any atom is 0.270 e. The number of benzene rings is 1. The minimum Gasteiger partial charge on any atom is -0.352 e. The van der Waals surface area contributed by atoms with E-state index in [2.05, 4.69) is 5.32 Å². The third kappa shape index (κ3) is 5.05. The van der Waals surface area contributed by atoms with Crippen LogP contribution in [0.2, 0.25) is 0 Å². The van der Waals surface area contributed by atoms with Gasteiger partial charge in [0.2, 0.25) is 0 Å². The average molecular weight is 265 g/mol. The number of nitro benzene ring substituents is 1. The summed E-state index contributed by atoms with van der Waals surface area (Å²) >= 11 is 0. The number of hydrogen-bond acceptors (Lipinski definition) is 4. The molecule has 0 saturated carbocycles. The zero-order chi connectivity index (χ0) is 14.4. The van der Waals surface area contributed by atoms with E-state index in [1.54, 1.807) is 6.07 Å². The van der Waals surface area contributed by atoms with Crippen LogP contribution in [0.1, 0.15) is 17.3 Å². The minimum absolute atomic E-state index is 0.0750. The van der Waals surface area contributed by atoms with Crippen molar-refractivity contribution in [2.45, 2.75) is 6.92 Å². The SMILES string of the molecule is C[C@@H](CNC(=O)c1cccc([N+](=O)[O-])c1)CN(C)C. The molecule has 0 aliphatic heterocycles. The molecule has 0 heterocycles. The molecule has 0 bridgehead atoms. The van der Waals surface area contributed by atoms with Crippen LogP contribution in [0, 0.1) is 16.0 Å². The Labute approximate surface area is 112 Å². The molecule has 6 heteroatoms. The largest absolute Gasteiger partial charge is 0.352 e. The molecule has 0 aromatic heterocycles. The second-order valence-corrected chi connectivity index (χ2v) is 4.88. The topological polar surface area (TPSA) is 75.5 Å². The summed E-state index contributed by atoms with van der Waals surface area (Å²) in [4.78, 5) is 24.0. The number of carbonyl (C=O) groups excluding carboxylic acids is 1. The lowest BCUT2D eigenvalue weighted by Crippen LogP contribution is -2.32. The van der Waals surface area contributed by atoms with Gasteiger partial charge in [-0.25, -0.2) is 0 Å². The summed E-state index contributed by atoms with van der Waals surface area (Å²) in [5.74, 6) is 0.0342. The van der Waals surface area contributed by atoms with Crippen LogP contribution in [0.25, 0.3) is 0 Å². The fourth-order valence-electron chi connectivity index (χ4n) is 1.82. The summed E-state index contributed by atoms with van der Waals surface area (Å²) in [5.41, 5.74) is 0.236. The second kappa shape index (κ2) is 6.84. The molecule has 6 nitrogen and oxygen atoms in total. The fraction of sp³-hybridized carbons (Fsp3) is 0.462. The lowest BCUT2D eigenvalue weighted by atomic mass is 10.1. The van der Waals surface area contributed by atoms with Crippen LogP contribution in [0.15, 0.2) is 24.3 Å². The highest BCUT2D eigenvalue weighted by molar-refractivity contribution is 5.94. The van der Waals surface area contributed by atoms with Gasteiger partial charge >= 0.3 is 0 Å². The number of hydrogen-bond donors (Lipinski definition) is 1. The predicted molar refractivity (Wildman–Crippen MR) is 73.1 cm³/mol. The van der Waals surface area contributed by atoms with E-state index in [4.69, 9.17) is 0 Å². The maximum absolute atomic E-state index is 11.9. The van der Waals surface area contributed by atoms with Crippen LogP contribution in [0.5, 0.6) is 0 Å². The van der Waals surface area contributed by atoms with Crippen molar-refractivity contribution in [1.82, 2.24) is 10.2 Å². The maximum atomic E-state index is 11.9. The van der Waals surface area contributed by atoms with E-state index < -0.39 is 4.92 Å². The van der Waals surface area contributed by atoms with Gasteiger partial charge in [-0.05, 0) is 26.1 Å². The van der Waals surface area contributed by atoms with E-state index in [-0.39, 0.29) is 11.6 Å². The van der Waals surface area contributed by atoms with Crippen LogP contribution < -0.4 is 5.32 Å². The molecular formula is C13H19N3O3. The Bertz CT molecular complexity index is 460. The molecule has 1 N–H and O–H groups in total. The van der Waals surface area contributed by atoms with Crippen molar-refractivity contribution in [2.75, 3.05) is 27.2 Å². The summed E-state index contributed by atoms with van der Waals surface area (Å²) in [6.45, 7) is 3.45. The van der Waals surface area contributed by atoms with E-state index in [1.807, 2.05) is 25.9 Å². The first-order chi connectivity index (χ1) is 8.90. The Morgan fingerprint density at radius 1 is 1.47 bits per heavy atom. The van der Waals surface area contributed by atoms with Crippen LogP contribution in [-0.2, 0) is 0 Å². The summed E-state index contributed by atoms with van der Waals surface area (Å²) in [5, 5.41) is 13.4. The first-order valence-electron chi connectivity index (χ1n) is 6.07. The first kappa shape index (κ1) is 15.1. The second-order valence-electron chi connectivity index (χ2n) is 4.88. The zero-order valence-electron chi connectivity index (χ0n) is 11.4. The normalized spacial score (nSPS) is 12.2. The van der Waals surface area contributed by atoms with Gasteiger partial charge in [-0.15, -0.1) is 0 Å². The van der Waals surface area contributed by atoms with Gasteiger partial charge in [0.05, 0.1) is 4.92 Å². The van der Waals surface area contributed by atoms with Gasteiger partial charge < -0.3 is 10.2 Å². The van der Waals surface area contributed by atoms with Gasteiger partial charge in [-0.3, -0.25) is 14.9 Å². The molecule has 1 amide bonds. The van der Waals surface area contributed by atoms with Crippen molar-refractivity contribution in [3.63, 3.8) is 0 Å². The third-order valence-electron chi connectivity index (χ3n) is 2.61. The van der Waals surface area contributed by atoms with Gasteiger partial charge in [0.15, 0.2) is 0 Å².